The Bertz CT molecular complexity index is 771. The molecule has 0 amide bonds. The number of hydrogen-bond acceptors (Lipinski definition) is 4. The zero-order valence-corrected chi connectivity index (χ0v) is 22.5. The zero-order valence-electron chi connectivity index (χ0n) is 21.6. The summed E-state index contributed by atoms with van der Waals surface area (Å²) in [5.74, 6) is 2.94. The Labute approximate surface area is 206 Å². The first kappa shape index (κ1) is 25.8. The van der Waals surface area contributed by atoms with E-state index in [0.29, 0.717) is 28.9 Å². The second-order valence-electron chi connectivity index (χ2n) is 12.2. The minimum Gasteiger partial charge on any atom is -0.393 e. The largest absolute Gasteiger partial charge is 0.393 e. The summed E-state index contributed by atoms with van der Waals surface area (Å²) in [5, 5.41) is 32.6. The fraction of sp³-hybridized carbons (Fsp3) is 0.862. The third-order valence-electron chi connectivity index (χ3n) is 10.8. The summed E-state index contributed by atoms with van der Waals surface area (Å²) < 4.78 is 0. The van der Waals surface area contributed by atoms with Gasteiger partial charge in [-0.1, -0.05) is 57.9 Å². The van der Waals surface area contributed by atoms with Crippen molar-refractivity contribution in [3.8, 4) is 0 Å². The maximum Gasteiger partial charge on any atom is 0.0661 e. The molecule has 3 nitrogen and oxygen atoms in total. The van der Waals surface area contributed by atoms with Crippen molar-refractivity contribution in [2.24, 2.45) is 28.6 Å². The molecule has 4 rings (SSSR count). The van der Waals surface area contributed by atoms with Gasteiger partial charge in [0.2, 0.25) is 0 Å². The summed E-state index contributed by atoms with van der Waals surface area (Å²) in [5.41, 5.74) is 2.55. The van der Waals surface area contributed by atoms with Crippen LogP contribution >= 0.6 is 11.8 Å². The van der Waals surface area contributed by atoms with E-state index < -0.39 is 17.8 Å². The smallest absolute Gasteiger partial charge is 0.0661 e. The van der Waals surface area contributed by atoms with Crippen molar-refractivity contribution in [3.63, 3.8) is 0 Å². The van der Waals surface area contributed by atoms with Crippen LogP contribution in [0.5, 0.6) is 0 Å². The van der Waals surface area contributed by atoms with Crippen molar-refractivity contribution in [2.45, 2.75) is 122 Å². The monoisotopic (exact) mass is 476 g/mol. The van der Waals surface area contributed by atoms with Crippen LogP contribution in [0.3, 0.4) is 0 Å². The molecule has 188 valence electrons. The number of thioether (sulfide) groups is 1. The van der Waals surface area contributed by atoms with Crippen molar-refractivity contribution in [1.82, 2.24) is 0 Å². The third kappa shape index (κ3) is 4.41. The van der Waals surface area contributed by atoms with Gasteiger partial charge in [0.15, 0.2) is 0 Å². The van der Waals surface area contributed by atoms with Crippen LogP contribution in [0, 0.1) is 28.6 Å². The highest BCUT2D eigenvalue weighted by molar-refractivity contribution is 7.99. The first-order valence-electron chi connectivity index (χ1n) is 13.7. The van der Waals surface area contributed by atoms with Gasteiger partial charge >= 0.3 is 0 Å². The average molecular weight is 477 g/mol. The lowest BCUT2D eigenvalue weighted by molar-refractivity contribution is -0.0526. The fourth-order valence-corrected chi connectivity index (χ4v) is 9.61. The van der Waals surface area contributed by atoms with E-state index in [9.17, 15) is 15.3 Å². The maximum atomic E-state index is 11.1. The molecule has 3 N–H and O–H groups in total. The molecule has 8 atom stereocenters. The van der Waals surface area contributed by atoms with E-state index in [1.54, 1.807) is 5.57 Å². The summed E-state index contributed by atoms with van der Waals surface area (Å²) in [6.45, 7) is 11.5. The van der Waals surface area contributed by atoms with Crippen molar-refractivity contribution in [2.75, 3.05) is 5.75 Å². The van der Waals surface area contributed by atoms with Crippen molar-refractivity contribution >= 4 is 11.8 Å². The molecule has 0 aliphatic heterocycles. The van der Waals surface area contributed by atoms with E-state index in [-0.39, 0.29) is 5.41 Å². The molecule has 3 fully saturated rings. The lowest BCUT2D eigenvalue weighted by atomic mass is 9.49. The van der Waals surface area contributed by atoms with Crippen LogP contribution in [-0.2, 0) is 0 Å². The topological polar surface area (TPSA) is 60.7 Å². The first-order valence-corrected chi connectivity index (χ1v) is 14.7. The predicted octanol–water partition coefficient (Wildman–Crippen LogP) is 6.27. The van der Waals surface area contributed by atoms with Crippen molar-refractivity contribution in [3.05, 3.63) is 23.3 Å². The molecule has 33 heavy (non-hydrogen) atoms. The number of rotatable bonds is 8. The molecule has 0 aromatic carbocycles. The van der Waals surface area contributed by atoms with Gasteiger partial charge < -0.3 is 15.3 Å². The van der Waals surface area contributed by atoms with Gasteiger partial charge in [-0.2, -0.15) is 11.8 Å². The Hall–Kier alpha value is -0.290. The molecule has 0 aromatic heterocycles. The quantitative estimate of drug-likeness (QED) is 0.361. The predicted molar refractivity (Wildman–Crippen MR) is 139 cm³/mol. The second-order valence-corrected chi connectivity index (χ2v) is 13.7. The van der Waals surface area contributed by atoms with E-state index in [0.717, 1.165) is 50.2 Å². The highest BCUT2D eigenvalue weighted by Gasteiger charge is 2.58. The van der Waals surface area contributed by atoms with E-state index in [2.05, 4.69) is 58.5 Å². The van der Waals surface area contributed by atoms with Gasteiger partial charge in [0.1, 0.15) is 0 Å². The average Bonchev–Trinajstić information content (AvgIpc) is 3.15. The Balaban J connectivity index is 1.44. The Morgan fingerprint density at radius 2 is 1.82 bits per heavy atom. The normalized spacial score (nSPS) is 41.5. The third-order valence-corrected chi connectivity index (χ3v) is 12.2. The maximum absolute atomic E-state index is 11.1. The van der Waals surface area contributed by atoms with Gasteiger partial charge in [0.05, 0.1) is 17.8 Å². The molecular formula is C29H48O3S. The number of aliphatic hydroxyl groups is 3. The van der Waals surface area contributed by atoms with Gasteiger partial charge in [0.25, 0.3) is 0 Å². The van der Waals surface area contributed by atoms with Crippen molar-refractivity contribution in [1.29, 1.82) is 0 Å². The molecule has 0 saturated heterocycles. The van der Waals surface area contributed by atoms with Gasteiger partial charge in [-0.3, -0.25) is 0 Å². The number of hydrogen-bond donors (Lipinski definition) is 3. The standard InChI is InChI=1S/C29H48O3S/c1-6-29(32,7-2)14-8-16-33-19(3)23-11-12-24-22-10-9-20-17-21(30)18-26(31)28(20,5)25(22)13-15-27(23,24)4/h9-10,19,21,23-26,30-32H,6-8,11-18H2,1-5H3/t19?,21?,23-,24+,25+,26?,27-,28+/m1/s1. The van der Waals surface area contributed by atoms with Crippen LogP contribution in [0.25, 0.3) is 0 Å². The van der Waals surface area contributed by atoms with Crippen LogP contribution in [0.1, 0.15) is 98.8 Å². The molecule has 0 spiro atoms. The summed E-state index contributed by atoms with van der Waals surface area (Å²) in [4.78, 5) is 0. The molecule has 4 heteroatoms. The van der Waals surface area contributed by atoms with E-state index in [1.807, 2.05) is 0 Å². The summed E-state index contributed by atoms with van der Waals surface area (Å²) in [6, 6.07) is 0. The fourth-order valence-electron chi connectivity index (χ4n) is 8.25. The van der Waals surface area contributed by atoms with Crippen LogP contribution in [0.2, 0.25) is 0 Å². The number of fused-ring (bicyclic) bond motifs is 5. The lowest BCUT2D eigenvalue weighted by Gasteiger charge is -2.56. The van der Waals surface area contributed by atoms with Crippen LogP contribution < -0.4 is 0 Å². The van der Waals surface area contributed by atoms with E-state index in [1.165, 1.54) is 24.8 Å². The van der Waals surface area contributed by atoms with Gasteiger partial charge in [0, 0.05) is 17.1 Å². The minimum absolute atomic E-state index is 0.196. The van der Waals surface area contributed by atoms with Crippen LogP contribution in [0.4, 0.5) is 0 Å². The van der Waals surface area contributed by atoms with E-state index >= 15 is 0 Å². The molecular weight excluding hydrogens is 428 g/mol. The van der Waals surface area contributed by atoms with Gasteiger partial charge in [-0.25, -0.2) is 0 Å². The van der Waals surface area contributed by atoms with Gasteiger partial charge in [-0.05, 0) is 86.7 Å². The van der Waals surface area contributed by atoms with E-state index in [4.69, 9.17) is 0 Å². The SMILES string of the molecule is CCC(O)(CC)CCCSC(C)[C@H]1CC[C@H]2C3=CC=C4CC(O)CC(O)[C@]4(C)[C@H]3CC[C@]12C. The molecule has 0 bridgehead atoms. The summed E-state index contributed by atoms with van der Waals surface area (Å²) >= 11 is 2.13. The molecule has 4 aliphatic rings. The lowest BCUT2D eigenvalue weighted by Crippen LogP contribution is -2.52. The highest BCUT2D eigenvalue weighted by atomic mass is 32.2. The Morgan fingerprint density at radius 1 is 1.09 bits per heavy atom. The molecule has 0 aromatic rings. The van der Waals surface area contributed by atoms with Crippen LogP contribution in [0.15, 0.2) is 23.3 Å². The summed E-state index contributed by atoms with van der Waals surface area (Å²) in [6.07, 6.45) is 13.8. The Kier molecular flexibility index (Phi) is 7.53. The molecule has 3 saturated carbocycles. The molecule has 3 unspecified atom stereocenters. The Morgan fingerprint density at radius 3 is 2.52 bits per heavy atom. The molecule has 0 heterocycles. The number of allylic oxidation sites excluding steroid dienone is 3. The van der Waals surface area contributed by atoms with Gasteiger partial charge in [-0.15, -0.1) is 0 Å². The second kappa shape index (κ2) is 9.64. The zero-order chi connectivity index (χ0) is 24.0. The number of aliphatic hydroxyl groups excluding tert-OH is 2. The summed E-state index contributed by atoms with van der Waals surface area (Å²) in [7, 11) is 0. The minimum atomic E-state index is -0.470. The molecule has 4 aliphatic carbocycles. The highest BCUT2D eigenvalue weighted by Crippen LogP contribution is 2.66. The molecule has 0 radical (unpaired) electrons. The van der Waals surface area contributed by atoms with Crippen LogP contribution in [-0.4, -0.2) is 44.1 Å². The van der Waals surface area contributed by atoms with Crippen molar-refractivity contribution < 1.29 is 15.3 Å². The first-order chi connectivity index (χ1) is 15.6.